The summed E-state index contributed by atoms with van der Waals surface area (Å²) < 4.78 is 21.0. The maximum Gasteiger partial charge on any atom is 0.169 e. The molecule has 0 spiro atoms. The molecule has 1 aromatic heterocycles. The van der Waals surface area contributed by atoms with E-state index in [2.05, 4.69) is 26.1 Å². The Hall–Kier alpha value is -3.19. The molecule has 5 nitrogen and oxygen atoms in total. The lowest BCUT2D eigenvalue weighted by Gasteiger charge is -2.24. The first-order valence-electron chi connectivity index (χ1n) is 11.4. The van der Waals surface area contributed by atoms with Gasteiger partial charge in [-0.1, -0.05) is 29.8 Å². The molecule has 0 aliphatic rings. The van der Waals surface area contributed by atoms with Crippen LogP contribution < -0.4 is 9.22 Å². The van der Waals surface area contributed by atoms with Crippen molar-refractivity contribution < 1.29 is 19.0 Å². The third-order valence-electron chi connectivity index (χ3n) is 6.14. The predicted molar refractivity (Wildman–Crippen MR) is 140 cm³/mol. The van der Waals surface area contributed by atoms with Gasteiger partial charge in [0.05, 0.1) is 33.3 Å². The molecule has 0 fully saturated rings. The van der Waals surface area contributed by atoms with E-state index < -0.39 is 5.82 Å². The van der Waals surface area contributed by atoms with Crippen molar-refractivity contribution in [3.63, 3.8) is 0 Å². The number of quaternary nitrogens is 1. The molecule has 4 aromatic rings. The molecule has 0 aliphatic carbocycles. The number of aryl methyl sites for hydroxylation is 1. The van der Waals surface area contributed by atoms with Crippen molar-refractivity contribution in [3.8, 4) is 16.9 Å². The number of hydrogen-bond donors (Lipinski definition) is 2. The summed E-state index contributed by atoms with van der Waals surface area (Å²) in [5, 5.41) is 10.7. The Kier molecular flexibility index (Phi) is 6.99. The molecule has 3 aromatic carbocycles. The molecule has 35 heavy (non-hydrogen) atoms. The van der Waals surface area contributed by atoms with Gasteiger partial charge in [-0.2, -0.15) is 0 Å². The Labute approximate surface area is 209 Å². The number of fused-ring (bicyclic) bond motifs is 1. The van der Waals surface area contributed by atoms with Gasteiger partial charge in [-0.15, -0.1) is 0 Å². The van der Waals surface area contributed by atoms with E-state index >= 15 is 0 Å². The van der Waals surface area contributed by atoms with E-state index in [1.54, 1.807) is 12.3 Å². The molecule has 0 bridgehead atoms. The highest BCUT2D eigenvalue weighted by atomic mass is 35.5. The first-order valence-corrected chi connectivity index (χ1v) is 11.8. The van der Waals surface area contributed by atoms with Gasteiger partial charge in [-0.3, -0.25) is 9.28 Å². The Balaban J connectivity index is 1.83. The molecule has 182 valence electrons. The van der Waals surface area contributed by atoms with E-state index in [0.29, 0.717) is 26.2 Å². The van der Waals surface area contributed by atoms with Crippen LogP contribution in [0.25, 0.3) is 22.0 Å². The quantitative estimate of drug-likeness (QED) is 0.235. The minimum absolute atomic E-state index is 0.000392. The smallest absolute Gasteiger partial charge is 0.169 e. The number of nitrogens with zero attached hydrogens (tertiary/aromatic N) is 1. The first-order chi connectivity index (χ1) is 16.6. The van der Waals surface area contributed by atoms with E-state index in [9.17, 15) is 14.3 Å². The minimum Gasteiger partial charge on any atom is -0.491 e. The van der Waals surface area contributed by atoms with Gasteiger partial charge in [0.1, 0.15) is 23.9 Å². The number of aromatic nitrogens is 1. The lowest BCUT2D eigenvalue weighted by atomic mass is 9.92. The second-order valence-corrected chi connectivity index (χ2v) is 9.87. The van der Waals surface area contributed by atoms with Crippen LogP contribution in [-0.4, -0.2) is 50.2 Å². The van der Waals surface area contributed by atoms with Gasteiger partial charge in [0.25, 0.3) is 0 Å². The standard InChI is InChI=1S/C28H28ClFN2O3/c1-17-25(29)9-8-21-24(16-31-28(17)21)26(34)15-23-22(13-19(30)14-27(23)35-11-10-33)18-6-5-7-20(12-18)32(2,3)4/h5-9,12-14,16,33H,10-11,15H2,1-4H3/p+1. The molecular weight excluding hydrogens is 467 g/mol. The van der Waals surface area contributed by atoms with Gasteiger partial charge >= 0.3 is 0 Å². The summed E-state index contributed by atoms with van der Waals surface area (Å²) in [7, 11) is 6.16. The van der Waals surface area contributed by atoms with Crippen molar-refractivity contribution in [1.29, 1.82) is 0 Å². The van der Waals surface area contributed by atoms with E-state index in [-0.39, 0.29) is 31.2 Å². The SMILES string of the molecule is Cc1c(Cl)ccc2c(C(=O)Cc3c(OCCO)cc(F)cc3-c3cccc([N+](C)(C)C)c3)c[nH]c12. The van der Waals surface area contributed by atoms with E-state index in [0.717, 1.165) is 27.7 Å². The summed E-state index contributed by atoms with van der Waals surface area (Å²) in [5.41, 5.74) is 5.19. The Morgan fingerprint density at radius 3 is 2.63 bits per heavy atom. The number of Topliss-reactive ketones (excluding diaryl/α,β-unsaturated/α-hetero) is 1. The number of rotatable bonds is 8. The van der Waals surface area contributed by atoms with Crippen LogP contribution >= 0.6 is 11.6 Å². The number of carbonyl (C=O) groups excluding carboxylic acids is 1. The second kappa shape index (κ2) is 9.82. The highest BCUT2D eigenvalue weighted by Gasteiger charge is 2.22. The zero-order valence-corrected chi connectivity index (χ0v) is 21.0. The van der Waals surface area contributed by atoms with Crippen molar-refractivity contribution >= 4 is 34.0 Å². The predicted octanol–water partition coefficient (Wildman–Crippen LogP) is 5.93. The number of aliphatic hydroxyl groups excluding tert-OH is 1. The van der Waals surface area contributed by atoms with Crippen molar-refractivity contribution in [2.24, 2.45) is 0 Å². The molecule has 0 atom stereocenters. The number of ether oxygens (including phenoxy) is 1. The molecule has 0 unspecified atom stereocenters. The number of H-pyrrole nitrogens is 1. The van der Waals surface area contributed by atoms with Crippen LogP contribution in [0.15, 0.2) is 54.7 Å². The monoisotopic (exact) mass is 495 g/mol. The average Bonchev–Trinajstić information content (AvgIpc) is 3.25. The van der Waals surface area contributed by atoms with Gasteiger partial charge in [0.2, 0.25) is 0 Å². The Morgan fingerprint density at radius 1 is 1.14 bits per heavy atom. The molecule has 0 aliphatic heterocycles. The topological polar surface area (TPSA) is 62.3 Å². The van der Waals surface area contributed by atoms with Crippen molar-refractivity contribution in [3.05, 3.63) is 82.3 Å². The largest absolute Gasteiger partial charge is 0.491 e. The normalized spacial score (nSPS) is 11.7. The third kappa shape index (κ3) is 5.10. The molecule has 7 heteroatoms. The third-order valence-corrected chi connectivity index (χ3v) is 6.55. The Morgan fingerprint density at radius 2 is 1.91 bits per heavy atom. The number of aliphatic hydroxyl groups is 1. The summed E-state index contributed by atoms with van der Waals surface area (Å²) in [6.45, 7) is 1.67. The fourth-order valence-electron chi connectivity index (χ4n) is 4.23. The fourth-order valence-corrected chi connectivity index (χ4v) is 4.39. The van der Waals surface area contributed by atoms with E-state index in [4.69, 9.17) is 16.3 Å². The van der Waals surface area contributed by atoms with Gasteiger partial charge in [0, 0.05) is 46.3 Å². The number of ketones is 1. The lowest BCUT2D eigenvalue weighted by Crippen LogP contribution is -2.34. The van der Waals surface area contributed by atoms with Crippen molar-refractivity contribution in [2.45, 2.75) is 13.3 Å². The van der Waals surface area contributed by atoms with E-state index in [1.165, 1.54) is 12.1 Å². The highest BCUT2D eigenvalue weighted by Crippen LogP contribution is 2.36. The summed E-state index contributed by atoms with van der Waals surface area (Å²) in [6, 6.07) is 14.1. The summed E-state index contributed by atoms with van der Waals surface area (Å²) >= 11 is 6.25. The van der Waals surface area contributed by atoms with Gasteiger partial charge in [-0.25, -0.2) is 4.39 Å². The zero-order valence-electron chi connectivity index (χ0n) is 20.3. The van der Waals surface area contributed by atoms with E-state index in [1.807, 2.05) is 37.3 Å². The molecule has 2 N–H and O–H groups in total. The van der Waals surface area contributed by atoms with Gasteiger partial charge in [0.15, 0.2) is 5.78 Å². The number of hydrogen-bond acceptors (Lipinski definition) is 3. The van der Waals surface area contributed by atoms with Crippen LogP contribution in [-0.2, 0) is 6.42 Å². The summed E-state index contributed by atoms with van der Waals surface area (Å²) in [5.74, 6) is -0.364. The number of halogens is 2. The minimum atomic E-state index is -0.475. The van der Waals surface area contributed by atoms with Crippen LogP contribution in [0.4, 0.5) is 10.1 Å². The average molecular weight is 496 g/mol. The van der Waals surface area contributed by atoms with Crippen molar-refractivity contribution in [1.82, 2.24) is 9.47 Å². The van der Waals surface area contributed by atoms with Crippen LogP contribution in [0.2, 0.25) is 5.02 Å². The molecule has 0 saturated carbocycles. The van der Waals surface area contributed by atoms with Crippen LogP contribution in [0.3, 0.4) is 0 Å². The maximum absolute atomic E-state index is 14.7. The lowest BCUT2D eigenvalue weighted by molar-refractivity contribution is 0.0993. The maximum atomic E-state index is 14.7. The number of benzene rings is 3. The van der Waals surface area contributed by atoms with Crippen LogP contribution in [0, 0.1) is 12.7 Å². The second-order valence-electron chi connectivity index (χ2n) is 9.46. The van der Waals surface area contributed by atoms with Crippen LogP contribution in [0.1, 0.15) is 21.5 Å². The van der Waals surface area contributed by atoms with Gasteiger partial charge < -0.3 is 14.8 Å². The number of aromatic amines is 1. The molecule has 1 heterocycles. The molecule has 0 saturated heterocycles. The molecule has 4 rings (SSSR count). The fraction of sp³-hybridized carbons (Fsp3) is 0.250. The molecular formula is C28H29ClFN2O3+. The van der Waals surface area contributed by atoms with Gasteiger partial charge in [-0.05, 0) is 41.8 Å². The Bertz CT molecular complexity index is 1410. The molecule has 0 radical (unpaired) electrons. The van der Waals surface area contributed by atoms with Crippen LogP contribution in [0.5, 0.6) is 5.75 Å². The zero-order chi connectivity index (χ0) is 25.3. The molecule has 0 amide bonds. The number of nitrogens with one attached hydrogen (secondary N) is 1. The van der Waals surface area contributed by atoms with Crippen molar-refractivity contribution in [2.75, 3.05) is 34.4 Å². The number of carbonyl (C=O) groups is 1. The highest BCUT2D eigenvalue weighted by molar-refractivity contribution is 6.32. The summed E-state index contributed by atoms with van der Waals surface area (Å²) in [6.07, 6.45) is 1.69. The summed E-state index contributed by atoms with van der Waals surface area (Å²) in [4.78, 5) is 16.7. The first kappa shape index (κ1) is 24.9.